The summed E-state index contributed by atoms with van der Waals surface area (Å²) in [5, 5.41) is 8.56. The molecule has 0 radical (unpaired) electrons. The van der Waals surface area contributed by atoms with E-state index in [1.165, 1.54) is 83.5 Å². The third kappa shape index (κ3) is 46.2. The Bertz CT molecular complexity index is 784. The van der Waals surface area contributed by atoms with Crippen LogP contribution >= 0.6 is 0 Å². The largest absolute Gasteiger partial charge is 0.481 e. The molecule has 0 saturated carbocycles. The fourth-order valence-corrected chi connectivity index (χ4v) is 5.18. The van der Waals surface area contributed by atoms with Gasteiger partial charge in [0.25, 0.3) is 0 Å². The summed E-state index contributed by atoms with van der Waals surface area (Å²) in [4.78, 5) is 33.8. The van der Waals surface area contributed by atoms with Crippen LogP contribution in [0.15, 0.2) is 0 Å². The number of aliphatic carboxylic acids is 1. The number of ether oxygens (including phenoxy) is 9. The number of carbonyl (C=O) groups is 3. The van der Waals surface area contributed by atoms with Crippen LogP contribution in [-0.2, 0) is 57.0 Å². The Morgan fingerprint density at radius 1 is 0.321 bits per heavy atom. The lowest BCUT2D eigenvalue weighted by Gasteiger charge is -2.09. The van der Waals surface area contributed by atoms with Crippen LogP contribution in [0.3, 0.4) is 0 Å². The fourth-order valence-electron chi connectivity index (χ4n) is 5.18. The van der Waals surface area contributed by atoms with Crippen molar-refractivity contribution in [3.8, 4) is 0 Å². The number of carboxylic acid groups (broad SMARTS) is 1. The highest BCUT2D eigenvalue weighted by Gasteiger charge is 2.05. The first kappa shape index (κ1) is 51.1. The highest BCUT2D eigenvalue weighted by Crippen LogP contribution is 2.14. The second kappa shape index (κ2) is 44.5. The van der Waals surface area contributed by atoms with Crippen LogP contribution in [-0.4, -0.2) is 129 Å². The van der Waals surface area contributed by atoms with Crippen molar-refractivity contribution >= 4 is 17.9 Å². The standard InChI is InChI=1S/C40H76O13/c1-2-3-4-5-6-7-8-9-10-11-12-13-14-15-16-20-39(43)52-36-34-50-32-30-48-28-26-46-24-22-45-23-25-47-27-29-49-31-33-51-35-37-53-40(44)21-18-17-19-38(41)42/h2-37H2,1H3,(H,41,42). The average Bonchev–Trinajstić information content (AvgIpc) is 3.14. The maximum atomic E-state index is 11.9. The van der Waals surface area contributed by atoms with E-state index in [9.17, 15) is 14.4 Å². The number of esters is 2. The van der Waals surface area contributed by atoms with E-state index in [0.717, 1.165) is 12.8 Å². The third-order valence-electron chi connectivity index (χ3n) is 8.22. The molecule has 314 valence electrons. The lowest BCUT2D eigenvalue weighted by molar-refractivity contribution is -0.146. The molecular formula is C40H76O13. The molecule has 0 saturated heterocycles. The van der Waals surface area contributed by atoms with Crippen LogP contribution in [0, 0.1) is 0 Å². The van der Waals surface area contributed by atoms with Crippen molar-refractivity contribution in [2.24, 2.45) is 0 Å². The second-order valence-electron chi connectivity index (χ2n) is 13.0. The molecule has 0 atom stereocenters. The number of carbonyl (C=O) groups excluding carboxylic acids is 2. The summed E-state index contributed by atoms with van der Waals surface area (Å²) in [7, 11) is 0. The Kier molecular flexibility index (Phi) is 43.0. The van der Waals surface area contributed by atoms with Gasteiger partial charge in [-0.15, -0.1) is 0 Å². The Hall–Kier alpha value is -1.87. The summed E-state index contributed by atoms with van der Waals surface area (Å²) in [5.41, 5.74) is 0. The minimum absolute atomic E-state index is 0.0598. The Morgan fingerprint density at radius 2 is 0.547 bits per heavy atom. The Balaban J connectivity index is 3.17. The number of unbranched alkanes of at least 4 members (excludes halogenated alkanes) is 15. The van der Waals surface area contributed by atoms with E-state index in [0.29, 0.717) is 105 Å². The smallest absolute Gasteiger partial charge is 0.305 e. The van der Waals surface area contributed by atoms with E-state index in [1.807, 2.05) is 0 Å². The van der Waals surface area contributed by atoms with Crippen LogP contribution < -0.4 is 0 Å². The van der Waals surface area contributed by atoms with Gasteiger partial charge in [-0.3, -0.25) is 14.4 Å². The van der Waals surface area contributed by atoms with Crippen molar-refractivity contribution in [2.45, 2.75) is 135 Å². The van der Waals surface area contributed by atoms with Gasteiger partial charge in [0.2, 0.25) is 0 Å². The van der Waals surface area contributed by atoms with Crippen LogP contribution in [0.2, 0.25) is 0 Å². The lowest BCUT2D eigenvalue weighted by atomic mass is 10.0. The minimum atomic E-state index is -0.863. The highest BCUT2D eigenvalue weighted by molar-refractivity contribution is 5.70. The van der Waals surface area contributed by atoms with E-state index in [-0.39, 0.29) is 44.6 Å². The SMILES string of the molecule is CCCCCCCCCCCCCCCCCC(=O)OCCOCCOCCOCCOCCOCCOCCOCCOC(=O)CCCCC(=O)O. The lowest BCUT2D eigenvalue weighted by Crippen LogP contribution is -2.15. The molecule has 13 heteroatoms. The van der Waals surface area contributed by atoms with Gasteiger partial charge in [-0.1, -0.05) is 96.8 Å². The predicted octanol–water partition coefficient (Wildman–Crippen LogP) is 7.10. The predicted molar refractivity (Wildman–Crippen MR) is 203 cm³/mol. The molecule has 0 heterocycles. The number of hydrogen-bond donors (Lipinski definition) is 1. The molecule has 13 nitrogen and oxygen atoms in total. The molecule has 0 aromatic heterocycles. The summed E-state index contributed by atoms with van der Waals surface area (Å²) in [5.74, 6) is -1.35. The fraction of sp³-hybridized carbons (Fsp3) is 0.925. The van der Waals surface area contributed by atoms with Crippen molar-refractivity contribution in [1.29, 1.82) is 0 Å². The molecule has 0 fully saturated rings. The van der Waals surface area contributed by atoms with Crippen LogP contribution in [0.4, 0.5) is 0 Å². The summed E-state index contributed by atoms with van der Waals surface area (Å²) in [6.07, 6.45) is 21.4. The molecule has 0 aromatic carbocycles. The summed E-state index contributed by atoms with van der Waals surface area (Å²) in [6, 6.07) is 0. The Labute approximate surface area is 320 Å². The third-order valence-corrected chi connectivity index (χ3v) is 8.22. The first-order valence-corrected chi connectivity index (χ1v) is 20.6. The van der Waals surface area contributed by atoms with Gasteiger partial charge in [0, 0.05) is 19.3 Å². The number of hydrogen-bond acceptors (Lipinski definition) is 12. The van der Waals surface area contributed by atoms with E-state index in [1.54, 1.807) is 0 Å². The van der Waals surface area contributed by atoms with E-state index < -0.39 is 5.97 Å². The summed E-state index contributed by atoms with van der Waals surface area (Å²) >= 11 is 0. The molecule has 0 bridgehead atoms. The average molecular weight is 765 g/mol. The van der Waals surface area contributed by atoms with Gasteiger partial charge in [-0.2, -0.15) is 0 Å². The van der Waals surface area contributed by atoms with Gasteiger partial charge in [-0.25, -0.2) is 0 Å². The van der Waals surface area contributed by atoms with Gasteiger partial charge < -0.3 is 47.7 Å². The van der Waals surface area contributed by atoms with Gasteiger partial charge in [0.1, 0.15) is 13.2 Å². The molecule has 0 aliphatic heterocycles. The van der Waals surface area contributed by atoms with Crippen LogP contribution in [0.5, 0.6) is 0 Å². The van der Waals surface area contributed by atoms with Gasteiger partial charge >= 0.3 is 17.9 Å². The Morgan fingerprint density at radius 3 is 0.830 bits per heavy atom. The van der Waals surface area contributed by atoms with Crippen molar-refractivity contribution < 1.29 is 62.1 Å². The normalized spacial score (nSPS) is 11.3. The highest BCUT2D eigenvalue weighted by atomic mass is 16.6. The molecule has 1 N–H and O–H groups in total. The maximum absolute atomic E-state index is 11.9. The zero-order chi connectivity index (χ0) is 38.6. The molecule has 0 unspecified atom stereocenters. The zero-order valence-electron chi connectivity index (χ0n) is 33.3. The van der Waals surface area contributed by atoms with E-state index in [2.05, 4.69) is 6.92 Å². The summed E-state index contributed by atoms with van der Waals surface area (Å²) < 4.78 is 48.4. The topological polar surface area (TPSA) is 155 Å². The van der Waals surface area contributed by atoms with E-state index >= 15 is 0 Å². The first-order valence-electron chi connectivity index (χ1n) is 20.6. The molecular weight excluding hydrogens is 688 g/mol. The summed E-state index contributed by atoms with van der Waals surface area (Å²) in [6.45, 7) is 8.76. The molecule has 0 aliphatic rings. The quantitative estimate of drug-likeness (QED) is 0.0496. The van der Waals surface area contributed by atoms with Crippen molar-refractivity contribution in [2.75, 3.05) is 106 Å². The monoisotopic (exact) mass is 765 g/mol. The van der Waals surface area contributed by atoms with Crippen LogP contribution in [0.1, 0.15) is 135 Å². The van der Waals surface area contributed by atoms with Crippen LogP contribution in [0.25, 0.3) is 0 Å². The molecule has 0 aliphatic carbocycles. The number of rotatable bonds is 45. The molecule has 0 spiro atoms. The molecule has 0 aromatic rings. The van der Waals surface area contributed by atoms with Crippen molar-refractivity contribution in [3.63, 3.8) is 0 Å². The minimum Gasteiger partial charge on any atom is -0.481 e. The first-order chi connectivity index (χ1) is 26.1. The van der Waals surface area contributed by atoms with Gasteiger partial charge in [-0.05, 0) is 19.3 Å². The maximum Gasteiger partial charge on any atom is 0.305 e. The molecule has 53 heavy (non-hydrogen) atoms. The second-order valence-corrected chi connectivity index (χ2v) is 13.0. The van der Waals surface area contributed by atoms with E-state index in [4.69, 9.17) is 47.7 Å². The van der Waals surface area contributed by atoms with Crippen molar-refractivity contribution in [3.05, 3.63) is 0 Å². The van der Waals surface area contributed by atoms with Gasteiger partial charge in [0.15, 0.2) is 0 Å². The van der Waals surface area contributed by atoms with Crippen molar-refractivity contribution in [1.82, 2.24) is 0 Å². The zero-order valence-corrected chi connectivity index (χ0v) is 33.3. The van der Waals surface area contributed by atoms with Gasteiger partial charge in [0.05, 0.1) is 92.5 Å². The number of carboxylic acids is 1. The molecule has 0 amide bonds. The molecule has 0 rings (SSSR count).